The van der Waals surface area contributed by atoms with Crippen LogP contribution in [0.15, 0.2) is 0 Å². The van der Waals surface area contributed by atoms with E-state index in [9.17, 15) is 0 Å². The Labute approximate surface area is 84.6 Å². The summed E-state index contributed by atoms with van der Waals surface area (Å²) in [5.74, 6) is 0. The van der Waals surface area contributed by atoms with E-state index in [1.54, 1.807) is 0 Å². The lowest BCUT2D eigenvalue weighted by molar-refractivity contribution is 0.311. The summed E-state index contributed by atoms with van der Waals surface area (Å²) in [7, 11) is -2.99. The molecular formula is C9H24O2Si2. The number of aliphatic hydroxyl groups is 1. The summed E-state index contributed by atoms with van der Waals surface area (Å²) in [6.07, 6.45) is 1.21. The zero-order valence-corrected chi connectivity index (χ0v) is 11.7. The smallest absolute Gasteiger partial charge is 0.175 e. The van der Waals surface area contributed by atoms with Gasteiger partial charge in [-0.1, -0.05) is 13.3 Å². The lowest BCUT2D eigenvalue weighted by Gasteiger charge is -2.33. The Hall–Kier alpha value is 0.354. The van der Waals surface area contributed by atoms with Crippen LogP contribution in [0.25, 0.3) is 0 Å². The molecule has 4 heteroatoms. The molecule has 0 atom stereocenters. The Balaban J connectivity index is 4.07. The summed E-state index contributed by atoms with van der Waals surface area (Å²) in [4.78, 5) is 0. The number of hydrogen-bond acceptors (Lipinski definition) is 2. The van der Waals surface area contributed by atoms with Crippen molar-refractivity contribution in [2.75, 3.05) is 6.61 Å². The molecule has 0 aromatic carbocycles. The Bertz CT molecular complexity index is 131. The van der Waals surface area contributed by atoms with Gasteiger partial charge in [0.2, 0.25) is 0 Å². The summed E-state index contributed by atoms with van der Waals surface area (Å²) in [5, 5.41) is 8.90. The Morgan fingerprint density at radius 2 is 1.46 bits per heavy atom. The molecule has 0 amide bonds. The molecule has 0 rings (SSSR count). The minimum Gasteiger partial charge on any atom is -0.455 e. The van der Waals surface area contributed by atoms with Crippen LogP contribution in [-0.2, 0) is 4.12 Å². The topological polar surface area (TPSA) is 29.5 Å². The van der Waals surface area contributed by atoms with E-state index in [1.807, 2.05) is 0 Å². The van der Waals surface area contributed by atoms with Crippen molar-refractivity contribution < 1.29 is 9.22 Å². The van der Waals surface area contributed by atoms with Gasteiger partial charge in [-0.25, -0.2) is 0 Å². The van der Waals surface area contributed by atoms with Crippen molar-refractivity contribution in [3.05, 3.63) is 0 Å². The van der Waals surface area contributed by atoms with E-state index < -0.39 is 16.6 Å². The van der Waals surface area contributed by atoms with Crippen LogP contribution in [-0.4, -0.2) is 28.3 Å². The van der Waals surface area contributed by atoms with Gasteiger partial charge in [-0.3, -0.25) is 0 Å². The van der Waals surface area contributed by atoms with E-state index in [4.69, 9.17) is 9.22 Å². The van der Waals surface area contributed by atoms with E-state index in [1.165, 1.54) is 12.5 Å². The predicted octanol–water partition coefficient (Wildman–Crippen LogP) is 2.82. The molecule has 0 aromatic heterocycles. The molecule has 0 aromatic rings. The maximum atomic E-state index is 8.90. The fourth-order valence-corrected chi connectivity index (χ4v) is 10.3. The number of rotatable bonds is 6. The summed E-state index contributed by atoms with van der Waals surface area (Å²) in [5.41, 5.74) is 0. The van der Waals surface area contributed by atoms with Crippen LogP contribution in [0.1, 0.15) is 13.3 Å². The molecule has 0 aliphatic rings. The highest BCUT2D eigenvalue weighted by Crippen LogP contribution is 2.21. The van der Waals surface area contributed by atoms with Gasteiger partial charge in [0.1, 0.15) is 0 Å². The maximum Gasteiger partial charge on any atom is 0.175 e. The third-order valence-electron chi connectivity index (χ3n) is 2.12. The first kappa shape index (κ1) is 13.4. The van der Waals surface area contributed by atoms with E-state index in [2.05, 4.69) is 33.1 Å². The van der Waals surface area contributed by atoms with Gasteiger partial charge in [-0.05, 0) is 38.3 Å². The Kier molecular flexibility index (Phi) is 5.43. The molecule has 0 saturated carbocycles. The molecule has 0 unspecified atom stereocenters. The second-order valence-corrected chi connectivity index (χ2v) is 13.7. The molecule has 0 fully saturated rings. The van der Waals surface area contributed by atoms with Gasteiger partial charge in [0.25, 0.3) is 0 Å². The summed E-state index contributed by atoms with van der Waals surface area (Å²) < 4.78 is 6.22. The number of hydrogen-bond donors (Lipinski definition) is 1. The Morgan fingerprint density at radius 1 is 1.00 bits per heavy atom. The van der Waals surface area contributed by atoms with Crippen LogP contribution in [0.3, 0.4) is 0 Å². The third kappa shape index (κ3) is 6.43. The highest BCUT2D eigenvalue weighted by atomic mass is 28.4. The molecule has 0 bridgehead atoms. The minimum atomic E-state index is -1.56. The van der Waals surface area contributed by atoms with E-state index in [0.717, 1.165) is 6.04 Å². The second-order valence-electron chi connectivity index (χ2n) is 4.85. The summed E-state index contributed by atoms with van der Waals surface area (Å²) in [6, 6.07) is 2.10. The fourth-order valence-electron chi connectivity index (χ4n) is 1.72. The minimum absolute atomic E-state index is 0.274. The van der Waals surface area contributed by atoms with Crippen LogP contribution >= 0.6 is 0 Å². The molecule has 80 valence electrons. The first-order chi connectivity index (χ1) is 5.83. The van der Waals surface area contributed by atoms with E-state index >= 15 is 0 Å². The maximum absolute atomic E-state index is 8.90. The summed E-state index contributed by atoms with van der Waals surface area (Å²) in [6.45, 7) is 11.4. The molecule has 0 saturated heterocycles. The molecular weight excluding hydrogens is 196 g/mol. The van der Waals surface area contributed by atoms with Gasteiger partial charge in [0.05, 0.1) is 0 Å². The largest absolute Gasteiger partial charge is 0.455 e. The van der Waals surface area contributed by atoms with E-state index in [-0.39, 0.29) is 6.61 Å². The quantitative estimate of drug-likeness (QED) is 0.698. The molecule has 0 aliphatic carbocycles. The second kappa shape index (κ2) is 5.29. The molecule has 0 heterocycles. The van der Waals surface area contributed by atoms with Crippen LogP contribution < -0.4 is 0 Å². The molecule has 1 N–H and O–H groups in total. The van der Waals surface area contributed by atoms with Gasteiger partial charge in [-0.2, -0.15) is 0 Å². The average Bonchev–Trinajstić information content (AvgIpc) is 1.82. The molecule has 13 heavy (non-hydrogen) atoms. The first-order valence-electron chi connectivity index (χ1n) is 5.14. The predicted molar refractivity (Wildman–Crippen MR) is 63.0 cm³/mol. The van der Waals surface area contributed by atoms with Gasteiger partial charge in [0.15, 0.2) is 16.6 Å². The van der Waals surface area contributed by atoms with Gasteiger partial charge >= 0.3 is 0 Å². The standard InChI is InChI=1S/C9H24O2Si2/c1-6-8-12(2,3)11-13(4,5)9-7-10/h10H,6-9H2,1-5H3. The van der Waals surface area contributed by atoms with Gasteiger partial charge in [-0.15, -0.1) is 0 Å². The van der Waals surface area contributed by atoms with Crippen LogP contribution in [0.4, 0.5) is 0 Å². The zero-order valence-electron chi connectivity index (χ0n) is 9.68. The first-order valence-corrected chi connectivity index (χ1v) is 11.4. The number of aliphatic hydroxyl groups excluding tert-OH is 1. The van der Waals surface area contributed by atoms with Crippen LogP contribution in [0.5, 0.6) is 0 Å². The lowest BCUT2D eigenvalue weighted by atomic mass is 10.6. The van der Waals surface area contributed by atoms with Crippen molar-refractivity contribution in [2.45, 2.75) is 51.6 Å². The lowest BCUT2D eigenvalue weighted by Crippen LogP contribution is -2.44. The van der Waals surface area contributed by atoms with Crippen LogP contribution in [0.2, 0.25) is 38.3 Å². The van der Waals surface area contributed by atoms with Crippen molar-refractivity contribution in [1.82, 2.24) is 0 Å². The highest BCUT2D eigenvalue weighted by Gasteiger charge is 2.31. The van der Waals surface area contributed by atoms with Crippen LogP contribution in [0, 0.1) is 0 Å². The summed E-state index contributed by atoms with van der Waals surface area (Å²) >= 11 is 0. The van der Waals surface area contributed by atoms with Crippen molar-refractivity contribution >= 4 is 16.6 Å². The van der Waals surface area contributed by atoms with Crippen molar-refractivity contribution in [2.24, 2.45) is 0 Å². The SMILES string of the molecule is CCC[Si](C)(C)O[Si](C)(C)CCO. The molecule has 0 aliphatic heterocycles. The zero-order chi connectivity index (χ0) is 10.5. The average molecular weight is 220 g/mol. The highest BCUT2D eigenvalue weighted by molar-refractivity contribution is 6.84. The van der Waals surface area contributed by atoms with E-state index in [0.29, 0.717) is 0 Å². The molecule has 0 spiro atoms. The van der Waals surface area contributed by atoms with Crippen molar-refractivity contribution in [1.29, 1.82) is 0 Å². The molecule has 2 nitrogen and oxygen atoms in total. The van der Waals surface area contributed by atoms with Gasteiger partial charge < -0.3 is 9.22 Å². The van der Waals surface area contributed by atoms with Crippen molar-refractivity contribution in [3.63, 3.8) is 0 Å². The molecule has 0 radical (unpaired) electrons. The monoisotopic (exact) mass is 220 g/mol. The third-order valence-corrected chi connectivity index (χ3v) is 9.67. The normalized spacial score (nSPS) is 13.4. The van der Waals surface area contributed by atoms with Crippen molar-refractivity contribution in [3.8, 4) is 0 Å². The van der Waals surface area contributed by atoms with Gasteiger partial charge in [0, 0.05) is 6.61 Å². The fraction of sp³-hybridized carbons (Fsp3) is 1.00. The Morgan fingerprint density at radius 3 is 1.85 bits per heavy atom.